The van der Waals surface area contributed by atoms with Gasteiger partial charge in [0, 0.05) is 6.04 Å². The second-order valence-electron chi connectivity index (χ2n) is 4.86. The van der Waals surface area contributed by atoms with Crippen molar-refractivity contribution in [3.8, 4) is 5.75 Å². The van der Waals surface area contributed by atoms with Gasteiger partial charge in [-0.2, -0.15) is 0 Å². The Hall–Kier alpha value is -1.55. The molecule has 0 aliphatic heterocycles. The zero-order valence-electron chi connectivity index (χ0n) is 12.6. The van der Waals surface area contributed by atoms with Crippen LogP contribution in [0.4, 0.5) is 0 Å². The first-order valence-electron chi connectivity index (χ1n) is 7.30. The molecule has 2 N–H and O–H groups in total. The van der Waals surface area contributed by atoms with E-state index >= 15 is 0 Å². The van der Waals surface area contributed by atoms with Crippen LogP contribution in [0.3, 0.4) is 0 Å². The summed E-state index contributed by atoms with van der Waals surface area (Å²) < 4.78 is 5.43. The second kappa shape index (κ2) is 8.59. The Balaban J connectivity index is 2.43. The normalized spacial score (nSPS) is 12.2. The van der Waals surface area contributed by atoms with Gasteiger partial charge in [0.25, 0.3) is 5.91 Å². The van der Waals surface area contributed by atoms with Crippen molar-refractivity contribution in [3.63, 3.8) is 0 Å². The van der Waals surface area contributed by atoms with E-state index in [-0.39, 0.29) is 18.6 Å². The molecule has 0 aliphatic rings. The topological polar surface area (TPSA) is 58.6 Å². The maximum Gasteiger partial charge on any atom is 0.258 e. The van der Waals surface area contributed by atoms with Crippen molar-refractivity contribution in [3.05, 3.63) is 29.8 Å². The fourth-order valence-electron chi connectivity index (χ4n) is 1.93. The largest absolute Gasteiger partial charge is 0.484 e. The van der Waals surface area contributed by atoms with E-state index in [9.17, 15) is 9.90 Å². The minimum atomic E-state index is -0.442. The average molecular weight is 279 g/mol. The van der Waals surface area contributed by atoms with Crippen LogP contribution in [0.1, 0.15) is 51.7 Å². The summed E-state index contributed by atoms with van der Waals surface area (Å²) >= 11 is 0. The van der Waals surface area contributed by atoms with Crippen LogP contribution in [0.25, 0.3) is 0 Å². The third-order valence-electron chi connectivity index (χ3n) is 3.37. The van der Waals surface area contributed by atoms with Gasteiger partial charge in [0.15, 0.2) is 6.61 Å². The van der Waals surface area contributed by atoms with Crippen LogP contribution in [0.5, 0.6) is 5.75 Å². The number of rotatable bonds is 8. The molecule has 1 aromatic rings. The van der Waals surface area contributed by atoms with E-state index < -0.39 is 6.10 Å². The molecular formula is C16H25NO3. The van der Waals surface area contributed by atoms with E-state index in [1.807, 2.05) is 32.9 Å². The summed E-state index contributed by atoms with van der Waals surface area (Å²) in [4.78, 5) is 11.7. The van der Waals surface area contributed by atoms with Crippen molar-refractivity contribution < 1.29 is 14.6 Å². The number of benzene rings is 1. The quantitative estimate of drug-likeness (QED) is 0.769. The van der Waals surface area contributed by atoms with Gasteiger partial charge in [0.05, 0.1) is 6.10 Å². The summed E-state index contributed by atoms with van der Waals surface area (Å²) in [5, 5.41) is 12.6. The van der Waals surface area contributed by atoms with Crippen molar-refractivity contribution in [1.29, 1.82) is 0 Å². The minimum absolute atomic E-state index is 0.0200. The van der Waals surface area contributed by atoms with Gasteiger partial charge in [-0.15, -0.1) is 0 Å². The lowest BCUT2D eigenvalue weighted by Crippen LogP contribution is -2.37. The predicted octanol–water partition coefficient (Wildman–Crippen LogP) is 2.81. The fraction of sp³-hybridized carbons (Fsp3) is 0.562. The van der Waals surface area contributed by atoms with Gasteiger partial charge in [0.2, 0.25) is 0 Å². The van der Waals surface area contributed by atoms with Crippen LogP contribution in [0.15, 0.2) is 24.3 Å². The van der Waals surface area contributed by atoms with Crippen LogP contribution in [0.2, 0.25) is 0 Å². The van der Waals surface area contributed by atoms with Crippen LogP contribution in [-0.4, -0.2) is 23.7 Å². The van der Waals surface area contributed by atoms with Gasteiger partial charge >= 0.3 is 0 Å². The molecular weight excluding hydrogens is 254 g/mol. The van der Waals surface area contributed by atoms with Gasteiger partial charge in [-0.25, -0.2) is 0 Å². The van der Waals surface area contributed by atoms with Crippen molar-refractivity contribution >= 4 is 5.91 Å². The van der Waals surface area contributed by atoms with Gasteiger partial charge in [-0.3, -0.25) is 4.79 Å². The molecule has 0 aliphatic carbocycles. The lowest BCUT2D eigenvalue weighted by atomic mass is 10.1. The number of aliphatic hydroxyl groups excluding tert-OH is 1. The van der Waals surface area contributed by atoms with Gasteiger partial charge in [-0.05, 0) is 37.0 Å². The Kier molecular flexibility index (Phi) is 7.09. The standard InChI is InChI=1S/C16H25NO3/c1-4-13(5-2)17-16(19)11-20-14-9-7-12(8-10-14)15(18)6-3/h7-10,13,15,18H,4-6,11H2,1-3H3,(H,17,19)/t15-/m0/s1. The van der Waals surface area contributed by atoms with E-state index in [4.69, 9.17) is 4.74 Å². The zero-order chi connectivity index (χ0) is 15.0. The highest BCUT2D eigenvalue weighted by molar-refractivity contribution is 5.77. The number of amides is 1. The van der Waals surface area contributed by atoms with Crippen molar-refractivity contribution in [2.45, 2.75) is 52.2 Å². The van der Waals surface area contributed by atoms with Gasteiger partial charge in [0.1, 0.15) is 5.75 Å². The molecule has 0 spiro atoms. The number of hydrogen-bond donors (Lipinski definition) is 2. The molecule has 4 nitrogen and oxygen atoms in total. The molecule has 1 atom stereocenters. The summed E-state index contributed by atoms with van der Waals surface area (Å²) in [5.41, 5.74) is 0.862. The third kappa shape index (κ3) is 5.21. The van der Waals surface area contributed by atoms with E-state index in [0.29, 0.717) is 12.2 Å². The van der Waals surface area contributed by atoms with Gasteiger partial charge < -0.3 is 15.2 Å². The Bertz CT molecular complexity index is 399. The number of hydrogen-bond acceptors (Lipinski definition) is 3. The molecule has 0 saturated carbocycles. The SMILES string of the molecule is CCC(CC)NC(=O)COc1ccc([C@@H](O)CC)cc1. The number of aliphatic hydroxyl groups is 1. The lowest BCUT2D eigenvalue weighted by Gasteiger charge is -2.15. The molecule has 0 fully saturated rings. The molecule has 0 radical (unpaired) electrons. The van der Waals surface area contributed by atoms with Gasteiger partial charge in [-0.1, -0.05) is 32.9 Å². The summed E-state index contributed by atoms with van der Waals surface area (Å²) in [7, 11) is 0. The molecule has 0 aromatic heterocycles. The Morgan fingerprint density at radius 1 is 1.15 bits per heavy atom. The van der Waals surface area contributed by atoms with Crippen molar-refractivity contribution in [2.24, 2.45) is 0 Å². The smallest absolute Gasteiger partial charge is 0.258 e. The number of carbonyl (C=O) groups excluding carboxylic acids is 1. The fourth-order valence-corrected chi connectivity index (χ4v) is 1.93. The zero-order valence-corrected chi connectivity index (χ0v) is 12.6. The first-order chi connectivity index (χ1) is 9.60. The van der Waals surface area contributed by atoms with E-state index in [1.165, 1.54) is 0 Å². The molecule has 0 unspecified atom stereocenters. The highest BCUT2D eigenvalue weighted by atomic mass is 16.5. The van der Waals surface area contributed by atoms with Crippen LogP contribution in [0, 0.1) is 0 Å². The van der Waals surface area contributed by atoms with Crippen molar-refractivity contribution in [2.75, 3.05) is 6.61 Å². The van der Waals surface area contributed by atoms with E-state index in [2.05, 4.69) is 5.32 Å². The molecule has 0 bridgehead atoms. The monoisotopic (exact) mass is 279 g/mol. The highest BCUT2D eigenvalue weighted by Gasteiger charge is 2.09. The van der Waals surface area contributed by atoms with E-state index in [0.717, 1.165) is 18.4 Å². The summed E-state index contributed by atoms with van der Waals surface area (Å²) in [5.74, 6) is 0.535. The number of ether oxygens (including phenoxy) is 1. The summed E-state index contributed by atoms with van der Waals surface area (Å²) in [6, 6.07) is 7.41. The molecule has 4 heteroatoms. The van der Waals surface area contributed by atoms with E-state index in [1.54, 1.807) is 12.1 Å². The predicted molar refractivity (Wildman–Crippen MR) is 79.7 cm³/mol. The van der Waals surface area contributed by atoms with Crippen LogP contribution < -0.4 is 10.1 Å². The Morgan fingerprint density at radius 3 is 2.25 bits per heavy atom. The molecule has 1 rings (SSSR count). The molecule has 0 saturated heterocycles. The maximum atomic E-state index is 11.7. The number of carbonyl (C=O) groups is 1. The molecule has 0 heterocycles. The summed E-state index contributed by atoms with van der Waals surface area (Å²) in [6.07, 6.45) is 2.08. The molecule has 20 heavy (non-hydrogen) atoms. The molecule has 1 aromatic carbocycles. The minimum Gasteiger partial charge on any atom is -0.484 e. The second-order valence-corrected chi connectivity index (χ2v) is 4.86. The van der Waals surface area contributed by atoms with Crippen LogP contribution in [-0.2, 0) is 4.79 Å². The Labute approximate surface area is 121 Å². The lowest BCUT2D eigenvalue weighted by molar-refractivity contribution is -0.123. The first kappa shape index (κ1) is 16.5. The average Bonchev–Trinajstić information content (AvgIpc) is 2.50. The third-order valence-corrected chi connectivity index (χ3v) is 3.37. The Morgan fingerprint density at radius 2 is 1.75 bits per heavy atom. The summed E-state index contributed by atoms with van der Waals surface area (Å²) in [6.45, 7) is 6.05. The van der Waals surface area contributed by atoms with Crippen LogP contribution >= 0.6 is 0 Å². The van der Waals surface area contributed by atoms with Crippen molar-refractivity contribution in [1.82, 2.24) is 5.32 Å². The molecule has 1 amide bonds. The first-order valence-corrected chi connectivity index (χ1v) is 7.30. The molecule has 112 valence electrons. The number of nitrogens with one attached hydrogen (secondary N) is 1. The maximum absolute atomic E-state index is 11.7. The highest BCUT2D eigenvalue weighted by Crippen LogP contribution is 2.19.